The normalized spacial score (nSPS) is 25.4. The van der Waals surface area contributed by atoms with Crippen LogP contribution in [-0.2, 0) is 9.53 Å². The van der Waals surface area contributed by atoms with Crippen molar-refractivity contribution in [1.29, 1.82) is 0 Å². The lowest BCUT2D eigenvalue weighted by atomic mass is 10.0. The Kier molecular flexibility index (Phi) is 6.87. The molecular weight excluding hydrogens is 522 g/mol. The van der Waals surface area contributed by atoms with E-state index in [1.807, 2.05) is 11.9 Å². The second kappa shape index (κ2) is 9.80. The van der Waals surface area contributed by atoms with E-state index in [0.717, 1.165) is 11.3 Å². The van der Waals surface area contributed by atoms with Gasteiger partial charge in [0.25, 0.3) is 0 Å². The van der Waals surface area contributed by atoms with Crippen LogP contribution in [0.4, 0.5) is 23.2 Å². The van der Waals surface area contributed by atoms with Crippen LogP contribution in [-0.4, -0.2) is 72.0 Å². The Labute approximate surface area is 211 Å². The highest BCUT2D eigenvalue weighted by molar-refractivity contribution is 8.00. The van der Waals surface area contributed by atoms with Crippen molar-refractivity contribution in [1.82, 2.24) is 20.4 Å². The first-order chi connectivity index (χ1) is 17.1. The van der Waals surface area contributed by atoms with Crippen LogP contribution in [0.5, 0.6) is 0 Å². The minimum Gasteiger partial charge on any atom is -0.378 e. The van der Waals surface area contributed by atoms with E-state index in [1.54, 1.807) is 18.2 Å². The fraction of sp³-hybridized carbons (Fsp3) is 0.500. The van der Waals surface area contributed by atoms with E-state index in [4.69, 9.17) is 9.26 Å². The van der Waals surface area contributed by atoms with Crippen molar-refractivity contribution in [3.63, 3.8) is 0 Å². The van der Waals surface area contributed by atoms with Crippen molar-refractivity contribution in [2.45, 2.75) is 47.6 Å². The Morgan fingerprint density at radius 2 is 2.17 bits per heavy atom. The second-order valence-electron chi connectivity index (χ2n) is 8.79. The number of carbonyl (C=O) groups excluding carboxylic acids is 1. The van der Waals surface area contributed by atoms with Gasteiger partial charge in [0.05, 0.1) is 21.3 Å². The molecule has 0 bridgehead atoms. The number of carbonyl (C=O) groups is 1. The lowest BCUT2D eigenvalue weighted by Crippen LogP contribution is -2.46. The Bertz CT molecular complexity index is 1270. The number of thiophene rings is 1. The van der Waals surface area contributed by atoms with Gasteiger partial charge < -0.3 is 24.8 Å². The maximum Gasteiger partial charge on any atom is 0.446 e. The number of amides is 1. The van der Waals surface area contributed by atoms with Crippen LogP contribution in [0.25, 0.3) is 20.8 Å². The standard InChI is InChI=1S/C22H23F4N5O3S2/c1-31-7-6-12(11(23)9-31)27-13-5-3-4-10-16(13)35-18(17(10)36-22(24,25)26)19-29-21(34-30-19)14-8-15(33-2)20(32)28-14/h3-5,11-12,14-15,27H,6-9H2,1-2H3,(H,28,32)/t11-,12+,14+,15-/m0/s1. The molecule has 14 heteroatoms. The molecule has 0 saturated carbocycles. The molecule has 2 saturated heterocycles. The Hall–Kier alpha value is -2.42. The molecule has 8 nitrogen and oxygen atoms in total. The summed E-state index contributed by atoms with van der Waals surface area (Å²) in [6.45, 7) is 0.998. The minimum absolute atomic E-state index is 0.0123. The van der Waals surface area contributed by atoms with Gasteiger partial charge in [0.1, 0.15) is 18.3 Å². The zero-order chi connectivity index (χ0) is 25.6. The van der Waals surface area contributed by atoms with Gasteiger partial charge in [0.15, 0.2) is 0 Å². The predicted molar refractivity (Wildman–Crippen MR) is 128 cm³/mol. The molecule has 0 radical (unpaired) electrons. The van der Waals surface area contributed by atoms with E-state index >= 15 is 0 Å². The molecule has 5 rings (SSSR count). The monoisotopic (exact) mass is 545 g/mol. The van der Waals surface area contributed by atoms with Crippen molar-refractivity contribution in [2.75, 3.05) is 32.6 Å². The number of piperidine rings is 1. The van der Waals surface area contributed by atoms with E-state index in [9.17, 15) is 22.4 Å². The van der Waals surface area contributed by atoms with Crippen molar-refractivity contribution < 1.29 is 31.6 Å². The van der Waals surface area contributed by atoms with Crippen LogP contribution < -0.4 is 10.6 Å². The summed E-state index contributed by atoms with van der Waals surface area (Å²) in [5.74, 6) is -0.252. The first kappa shape index (κ1) is 25.2. The fourth-order valence-corrected chi connectivity index (χ4v) is 6.58. The minimum atomic E-state index is -4.55. The number of methoxy groups -OCH3 is 1. The molecule has 0 aliphatic carbocycles. The number of likely N-dealkylation sites (tertiary alicyclic amines) is 1. The number of thioether (sulfide) groups is 1. The zero-order valence-electron chi connectivity index (χ0n) is 19.3. The van der Waals surface area contributed by atoms with Gasteiger partial charge in [-0.05, 0) is 31.3 Å². The van der Waals surface area contributed by atoms with Gasteiger partial charge in [-0.3, -0.25) is 4.79 Å². The quantitative estimate of drug-likeness (QED) is 0.343. The second-order valence-corrected chi connectivity index (χ2v) is 10.9. The van der Waals surface area contributed by atoms with Crippen LogP contribution in [0.1, 0.15) is 24.8 Å². The molecule has 3 aromatic rings. The molecule has 194 valence electrons. The largest absolute Gasteiger partial charge is 0.446 e. The molecule has 2 aromatic heterocycles. The highest BCUT2D eigenvalue weighted by atomic mass is 32.2. The number of halogens is 4. The number of hydrogen-bond acceptors (Lipinski definition) is 9. The number of nitrogens with one attached hydrogen (secondary N) is 2. The van der Waals surface area contributed by atoms with Gasteiger partial charge >= 0.3 is 5.51 Å². The topological polar surface area (TPSA) is 92.5 Å². The lowest BCUT2D eigenvalue weighted by molar-refractivity contribution is -0.127. The summed E-state index contributed by atoms with van der Waals surface area (Å²) in [6, 6.07) is 3.92. The van der Waals surface area contributed by atoms with Crippen LogP contribution >= 0.6 is 23.1 Å². The molecule has 4 atom stereocenters. The maximum atomic E-state index is 14.7. The van der Waals surface area contributed by atoms with Gasteiger partial charge in [-0.2, -0.15) is 18.2 Å². The van der Waals surface area contributed by atoms with E-state index in [0.29, 0.717) is 28.7 Å². The average Bonchev–Trinajstić information content (AvgIpc) is 3.52. The van der Waals surface area contributed by atoms with E-state index in [2.05, 4.69) is 20.8 Å². The van der Waals surface area contributed by atoms with Crippen LogP contribution in [0.2, 0.25) is 0 Å². The fourth-order valence-electron chi connectivity index (χ4n) is 4.47. The van der Waals surface area contributed by atoms with Gasteiger partial charge in [-0.1, -0.05) is 17.3 Å². The molecule has 2 N–H and O–H groups in total. The molecule has 36 heavy (non-hydrogen) atoms. The van der Waals surface area contributed by atoms with Crippen LogP contribution in [0.3, 0.4) is 0 Å². The Morgan fingerprint density at radius 1 is 1.36 bits per heavy atom. The van der Waals surface area contributed by atoms with E-state index in [1.165, 1.54) is 7.11 Å². The SMILES string of the molecule is CO[C@H]1C[C@H](c2nc(-c3sc4c(N[C@@H]5CCN(C)C[C@@H]5F)cccc4c3SC(F)(F)F)no2)NC1=O. The zero-order valence-corrected chi connectivity index (χ0v) is 20.9. The number of alkyl halides is 4. The van der Waals surface area contributed by atoms with Gasteiger partial charge in [-0.25, -0.2) is 4.39 Å². The van der Waals surface area contributed by atoms with Crippen molar-refractivity contribution in [2.24, 2.45) is 0 Å². The molecule has 0 unspecified atom stereocenters. The summed E-state index contributed by atoms with van der Waals surface area (Å²) in [7, 11) is 3.26. The number of aromatic nitrogens is 2. The molecule has 2 fully saturated rings. The number of hydrogen-bond donors (Lipinski definition) is 2. The average molecular weight is 546 g/mol. The number of nitrogens with zero attached hydrogens (tertiary/aromatic N) is 3. The molecule has 1 aromatic carbocycles. The summed E-state index contributed by atoms with van der Waals surface area (Å²) < 4.78 is 66.3. The van der Waals surface area contributed by atoms with Crippen molar-refractivity contribution in [3.05, 3.63) is 24.1 Å². The Balaban J connectivity index is 1.51. The number of ether oxygens (including phenoxy) is 1. The summed E-state index contributed by atoms with van der Waals surface area (Å²) >= 11 is 0.833. The molecule has 2 aliphatic rings. The lowest BCUT2D eigenvalue weighted by Gasteiger charge is -2.33. The van der Waals surface area contributed by atoms with Gasteiger partial charge in [-0.15, -0.1) is 11.3 Å². The first-order valence-corrected chi connectivity index (χ1v) is 12.8. The number of fused-ring (bicyclic) bond motifs is 1. The third-order valence-electron chi connectivity index (χ3n) is 6.26. The summed E-state index contributed by atoms with van der Waals surface area (Å²) in [5, 5.41) is 10.2. The Morgan fingerprint density at radius 3 is 2.86 bits per heavy atom. The van der Waals surface area contributed by atoms with Gasteiger partial charge in [0, 0.05) is 36.9 Å². The number of anilines is 1. The smallest absolute Gasteiger partial charge is 0.378 e. The predicted octanol–water partition coefficient (Wildman–Crippen LogP) is 4.59. The molecule has 1 amide bonds. The maximum absolute atomic E-state index is 14.7. The van der Waals surface area contributed by atoms with Crippen LogP contribution in [0, 0.1) is 0 Å². The summed E-state index contributed by atoms with van der Waals surface area (Å²) in [4.78, 5) is 18.3. The van der Waals surface area contributed by atoms with Crippen molar-refractivity contribution >= 4 is 44.8 Å². The third kappa shape index (κ3) is 5.04. The molecule has 2 aliphatic heterocycles. The van der Waals surface area contributed by atoms with Gasteiger partial charge in [0.2, 0.25) is 17.6 Å². The highest BCUT2D eigenvalue weighted by Gasteiger charge is 2.38. The summed E-state index contributed by atoms with van der Waals surface area (Å²) in [5.41, 5.74) is -4.00. The highest BCUT2D eigenvalue weighted by Crippen LogP contribution is 2.51. The van der Waals surface area contributed by atoms with E-state index < -0.39 is 29.9 Å². The first-order valence-electron chi connectivity index (χ1n) is 11.2. The molecular formula is C22H23F4N5O3S2. The van der Waals surface area contributed by atoms with E-state index in [-0.39, 0.29) is 52.1 Å². The van der Waals surface area contributed by atoms with Crippen LogP contribution in [0.15, 0.2) is 27.6 Å². The van der Waals surface area contributed by atoms with Crippen molar-refractivity contribution in [3.8, 4) is 10.7 Å². The number of rotatable bonds is 6. The summed E-state index contributed by atoms with van der Waals surface area (Å²) in [6.07, 6.45) is -0.943. The third-order valence-corrected chi connectivity index (χ3v) is 8.48. The number of benzene rings is 1. The molecule has 0 spiro atoms. The molecule has 4 heterocycles.